The van der Waals surface area contributed by atoms with Crippen LogP contribution in [0.1, 0.15) is 12.0 Å². The van der Waals surface area contributed by atoms with Gasteiger partial charge in [-0.3, -0.25) is 0 Å². The molecule has 2 heterocycles. The van der Waals surface area contributed by atoms with E-state index >= 15 is 0 Å². The van der Waals surface area contributed by atoms with Crippen molar-refractivity contribution >= 4 is 5.82 Å². The lowest BCUT2D eigenvalue weighted by atomic mass is 10.0. The fourth-order valence-corrected chi connectivity index (χ4v) is 3.56. The van der Waals surface area contributed by atoms with Gasteiger partial charge in [0.2, 0.25) is 0 Å². The molecule has 29 heavy (non-hydrogen) atoms. The molecule has 146 valence electrons. The number of benzene rings is 2. The van der Waals surface area contributed by atoms with Crippen LogP contribution in [0, 0.1) is 11.3 Å². The molecule has 0 radical (unpaired) electrons. The summed E-state index contributed by atoms with van der Waals surface area (Å²) in [5, 5.41) is 19.5. The maximum atomic E-state index is 10.4. The van der Waals surface area contributed by atoms with Crippen LogP contribution in [0.3, 0.4) is 0 Å². The molecule has 1 unspecified atom stereocenters. The molecule has 6 heteroatoms. The van der Waals surface area contributed by atoms with Crippen molar-refractivity contribution in [2.24, 2.45) is 5.73 Å². The molecule has 3 aromatic rings. The molecule has 1 aromatic heterocycles. The zero-order chi connectivity index (χ0) is 20.4. The SMILES string of the molecule is COc1ccc(O)c(-c2cc(-c3ccc(C#N)cc3)cc(N3CCC(N)C3)n2)c1. The third-order valence-electron chi connectivity index (χ3n) is 5.19. The molecule has 1 atom stereocenters. The van der Waals surface area contributed by atoms with Gasteiger partial charge in [-0.2, -0.15) is 5.26 Å². The Bertz CT molecular complexity index is 1070. The summed E-state index contributed by atoms with van der Waals surface area (Å²) >= 11 is 0. The number of nitrogens with zero attached hydrogens (tertiary/aromatic N) is 3. The number of pyridine rings is 1. The summed E-state index contributed by atoms with van der Waals surface area (Å²) in [5.41, 5.74) is 9.89. The van der Waals surface area contributed by atoms with Crippen molar-refractivity contribution in [3.05, 3.63) is 60.2 Å². The maximum Gasteiger partial charge on any atom is 0.129 e. The van der Waals surface area contributed by atoms with Crippen LogP contribution in [-0.4, -0.2) is 36.3 Å². The summed E-state index contributed by atoms with van der Waals surface area (Å²) in [7, 11) is 1.59. The van der Waals surface area contributed by atoms with E-state index in [1.54, 1.807) is 37.4 Å². The van der Waals surface area contributed by atoms with Crippen molar-refractivity contribution < 1.29 is 9.84 Å². The number of hydrogen-bond acceptors (Lipinski definition) is 6. The highest BCUT2D eigenvalue weighted by Crippen LogP contribution is 2.36. The van der Waals surface area contributed by atoms with Gasteiger partial charge in [-0.05, 0) is 60.0 Å². The monoisotopic (exact) mass is 386 g/mol. The van der Waals surface area contributed by atoms with Crippen molar-refractivity contribution in [3.63, 3.8) is 0 Å². The van der Waals surface area contributed by atoms with Crippen molar-refractivity contribution in [1.29, 1.82) is 5.26 Å². The number of rotatable bonds is 4. The Balaban J connectivity index is 1.85. The van der Waals surface area contributed by atoms with E-state index in [1.165, 1.54) is 0 Å². The molecule has 1 aliphatic rings. The maximum absolute atomic E-state index is 10.4. The first kappa shape index (κ1) is 18.8. The number of hydrogen-bond donors (Lipinski definition) is 2. The van der Waals surface area contributed by atoms with Crippen LogP contribution in [0.15, 0.2) is 54.6 Å². The number of nitriles is 1. The second-order valence-electron chi connectivity index (χ2n) is 7.17. The average Bonchev–Trinajstić information content (AvgIpc) is 3.20. The molecule has 1 saturated heterocycles. The van der Waals surface area contributed by atoms with Gasteiger partial charge in [-0.1, -0.05) is 12.1 Å². The van der Waals surface area contributed by atoms with E-state index in [0.717, 1.165) is 36.5 Å². The number of nitrogens with two attached hydrogens (primary N) is 1. The molecule has 0 amide bonds. The van der Waals surface area contributed by atoms with E-state index in [9.17, 15) is 5.11 Å². The fraction of sp³-hybridized carbons (Fsp3) is 0.217. The standard InChI is InChI=1S/C23H22N4O2/c1-29-19-6-7-22(28)20(12-19)21-10-17(16-4-2-15(13-24)3-5-16)11-23(26-21)27-9-8-18(25)14-27/h2-7,10-12,18,28H,8-9,14,25H2,1H3. The predicted molar refractivity (Wildman–Crippen MR) is 113 cm³/mol. The average molecular weight is 386 g/mol. The first-order valence-corrected chi connectivity index (χ1v) is 9.48. The van der Waals surface area contributed by atoms with Crippen LogP contribution in [0.2, 0.25) is 0 Å². The van der Waals surface area contributed by atoms with Gasteiger partial charge in [-0.15, -0.1) is 0 Å². The number of anilines is 1. The topological polar surface area (TPSA) is 95.4 Å². The van der Waals surface area contributed by atoms with E-state index in [0.29, 0.717) is 22.6 Å². The quantitative estimate of drug-likeness (QED) is 0.712. The Morgan fingerprint density at radius 2 is 1.93 bits per heavy atom. The number of aromatic nitrogens is 1. The fourth-order valence-electron chi connectivity index (χ4n) is 3.56. The van der Waals surface area contributed by atoms with Crippen molar-refractivity contribution in [3.8, 4) is 40.0 Å². The number of aromatic hydroxyl groups is 1. The molecule has 0 saturated carbocycles. The Hall–Kier alpha value is -3.56. The zero-order valence-corrected chi connectivity index (χ0v) is 16.2. The normalized spacial score (nSPS) is 15.9. The highest BCUT2D eigenvalue weighted by Gasteiger charge is 2.22. The molecule has 1 fully saturated rings. The lowest BCUT2D eigenvalue weighted by Gasteiger charge is -2.20. The minimum Gasteiger partial charge on any atom is -0.507 e. The van der Waals surface area contributed by atoms with Crippen molar-refractivity contribution in [2.75, 3.05) is 25.1 Å². The molecule has 0 bridgehead atoms. The summed E-state index contributed by atoms with van der Waals surface area (Å²) in [6, 6.07) is 18.8. The lowest BCUT2D eigenvalue weighted by Crippen LogP contribution is -2.27. The number of phenolic OH excluding ortho intramolecular Hbond substituents is 1. The summed E-state index contributed by atoms with van der Waals surface area (Å²) < 4.78 is 5.32. The molecular weight excluding hydrogens is 364 g/mol. The van der Waals surface area contributed by atoms with Gasteiger partial charge < -0.3 is 20.5 Å². The Labute approximate surface area is 169 Å². The highest BCUT2D eigenvalue weighted by atomic mass is 16.5. The molecule has 4 rings (SSSR count). The second kappa shape index (κ2) is 7.82. The third-order valence-corrected chi connectivity index (χ3v) is 5.19. The second-order valence-corrected chi connectivity index (χ2v) is 7.17. The first-order valence-electron chi connectivity index (χ1n) is 9.48. The van der Waals surface area contributed by atoms with Crippen molar-refractivity contribution in [1.82, 2.24) is 4.98 Å². The van der Waals surface area contributed by atoms with E-state index in [4.69, 9.17) is 20.7 Å². The minimum atomic E-state index is 0.129. The zero-order valence-electron chi connectivity index (χ0n) is 16.2. The highest BCUT2D eigenvalue weighted by molar-refractivity contribution is 5.77. The third kappa shape index (κ3) is 3.86. The summed E-state index contributed by atoms with van der Waals surface area (Å²) in [4.78, 5) is 6.98. The summed E-state index contributed by atoms with van der Waals surface area (Å²) in [6.07, 6.45) is 0.919. The largest absolute Gasteiger partial charge is 0.507 e. The van der Waals surface area contributed by atoms with Crippen LogP contribution in [0.25, 0.3) is 22.4 Å². The van der Waals surface area contributed by atoms with E-state index < -0.39 is 0 Å². The van der Waals surface area contributed by atoms with Gasteiger partial charge in [-0.25, -0.2) is 4.98 Å². The molecule has 0 spiro atoms. The molecular formula is C23H22N4O2. The van der Waals surface area contributed by atoms with Crippen molar-refractivity contribution in [2.45, 2.75) is 12.5 Å². The number of ether oxygens (including phenoxy) is 1. The molecule has 0 aliphatic carbocycles. The predicted octanol–water partition coefficient (Wildman–Crippen LogP) is 3.54. The van der Waals surface area contributed by atoms with Gasteiger partial charge in [0.1, 0.15) is 17.3 Å². The van der Waals surface area contributed by atoms with Gasteiger partial charge in [0, 0.05) is 24.7 Å². The van der Waals surface area contributed by atoms with Crippen LogP contribution in [-0.2, 0) is 0 Å². The number of methoxy groups -OCH3 is 1. The smallest absolute Gasteiger partial charge is 0.129 e. The van der Waals surface area contributed by atoms with Gasteiger partial charge in [0.05, 0.1) is 24.4 Å². The van der Waals surface area contributed by atoms with Crippen LogP contribution >= 0.6 is 0 Å². The lowest BCUT2D eigenvalue weighted by molar-refractivity contribution is 0.412. The van der Waals surface area contributed by atoms with E-state index in [2.05, 4.69) is 11.0 Å². The Morgan fingerprint density at radius 1 is 1.14 bits per heavy atom. The Kier molecular flexibility index (Phi) is 5.07. The summed E-state index contributed by atoms with van der Waals surface area (Å²) in [5.74, 6) is 1.60. The molecule has 2 aromatic carbocycles. The van der Waals surface area contributed by atoms with Gasteiger partial charge in [0.25, 0.3) is 0 Å². The molecule has 3 N–H and O–H groups in total. The van der Waals surface area contributed by atoms with E-state index in [1.807, 2.05) is 24.3 Å². The molecule has 6 nitrogen and oxygen atoms in total. The van der Waals surface area contributed by atoms with Crippen LogP contribution in [0.5, 0.6) is 11.5 Å². The minimum absolute atomic E-state index is 0.129. The summed E-state index contributed by atoms with van der Waals surface area (Å²) in [6.45, 7) is 1.59. The first-order chi connectivity index (χ1) is 14.1. The number of phenols is 1. The molecule has 1 aliphatic heterocycles. The van der Waals surface area contributed by atoms with Gasteiger partial charge >= 0.3 is 0 Å². The van der Waals surface area contributed by atoms with Crippen LogP contribution < -0.4 is 15.4 Å². The van der Waals surface area contributed by atoms with Gasteiger partial charge in [0.15, 0.2) is 0 Å². The van der Waals surface area contributed by atoms with E-state index in [-0.39, 0.29) is 11.8 Å². The Morgan fingerprint density at radius 3 is 2.59 bits per heavy atom. The van der Waals surface area contributed by atoms with Crippen LogP contribution in [0.4, 0.5) is 5.82 Å².